The van der Waals surface area contributed by atoms with Crippen molar-refractivity contribution in [1.82, 2.24) is 9.97 Å². The van der Waals surface area contributed by atoms with Crippen LogP contribution < -0.4 is 0 Å². The van der Waals surface area contributed by atoms with Crippen molar-refractivity contribution >= 4 is 11.9 Å². The van der Waals surface area contributed by atoms with Gasteiger partial charge >= 0.3 is 11.9 Å². The Morgan fingerprint density at radius 1 is 0.792 bits per heavy atom. The topological polar surface area (TPSA) is 78.4 Å². The molecule has 0 aliphatic heterocycles. The van der Waals surface area contributed by atoms with Gasteiger partial charge in [-0.25, -0.2) is 9.59 Å². The molecule has 6 heteroatoms. The maximum atomic E-state index is 12.2. The lowest BCUT2D eigenvalue weighted by atomic mass is 10.0. The van der Waals surface area contributed by atoms with E-state index in [4.69, 9.17) is 9.47 Å². The van der Waals surface area contributed by atoms with Crippen LogP contribution in [0.4, 0.5) is 0 Å². The van der Waals surface area contributed by atoms with Gasteiger partial charge in [0.2, 0.25) is 0 Å². The average molecular weight is 328 g/mol. The molecule has 0 radical (unpaired) electrons. The first-order chi connectivity index (χ1) is 11.5. The van der Waals surface area contributed by atoms with Crippen LogP contribution in [0.3, 0.4) is 0 Å². The van der Waals surface area contributed by atoms with Crippen LogP contribution in [0, 0.1) is 13.8 Å². The molecule has 0 saturated heterocycles. The molecule has 0 fully saturated rings. The van der Waals surface area contributed by atoms with E-state index in [1.165, 1.54) is 0 Å². The number of aryl methyl sites for hydroxylation is 2. The standard InChI is InChI=1S/C18H20N2O4/c1-5-23-17(21)13-9-7-11(3)19-15(13)16-14(18(22)24-6-2)10-8-12(4)20-16/h7-10H,5-6H2,1-4H3. The third-order valence-corrected chi connectivity index (χ3v) is 3.28. The molecule has 2 aromatic rings. The smallest absolute Gasteiger partial charge is 0.340 e. The van der Waals surface area contributed by atoms with Crippen molar-refractivity contribution < 1.29 is 19.1 Å². The minimum Gasteiger partial charge on any atom is -0.462 e. The van der Waals surface area contributed by atoms with E-state index >= 15 is 0 Å². The first-order valence-corrected chi connectivity index (χ1v) is 7.77. The molecular formula is C18H20N2O4. The van der Waals surface area contributed by atoms with E-state index in [9.17, 15) is 9.59 Å². The van der Waals surface area contributed by atoms with Crippen LogP contribution >= 0.6 is 0 Å². The number of carbonyl (C=O) groups is 2. The highest BCUT2D eigenvalue weighted by Gasteiger charge is 2.23. The lowest BCUT2D eigenvalue weighted by molar-refractivity contribution is 0.0514. The molecule has 2 aromatic heterocycles. The summed E-state index contributed by atoms with van der Waals surface area (Å²) in [5, 5.41) is 0. The zero-order valence-electron chi connectivity index (χ0n) is 14.3. The van der Waals surface area contributed by atoms with Crippen LogP contribution in [-0.4, -0.2) is 35.1 Å². The third-order valence-electron chi connectivity index (χ3n) is 3.28. The summed E-state index contributed by atoms with van der Waals surface area (Å²) in [4.78, 5) is 33.3. The van der Waals surface area contributed by atoms with Crippen molar-refractivity contribution in [1.29, 1.82) is 0 Å². The Morgan fingerprint density at radius 2 is 1.17 bits per heavy atom. The number of ether oxygens (including phenoxy) is 2. The van der Waals surface area contributed by atoms with Gasteiger partial charge in [-0.1, -0.05) is 0 Å². The molecule has 0 spiro atoms. The highest BCUT2D eigenvalue weighted by atomic mass is 16.5. The summed E-state index contributed by atoms with van der Waals surface area (Å²) in [7, 11) is 0. The van der Waals surface area contributed by atoms with Crippen molar-refractivity contribution in [2.45, 2.75) is 27.7 Å². The molecule has 0 aliphatic rings. The van der Waals surface area contributed by atoms with Crippen molar-refractivity contribution in [3.8, 4) is 11.4 Å². The molecule has 2 rings (SSSR count). The molecule has 0 bridgehead atoms. The largest absolute Gasteiger partial charge is 0.462 e. The van der Waals surface area contributed by atoms with E-state index in [1.54, 1.807) is 52.0 Å². The summed E-state index contributed by atoms with van der Waals surface area (Å²) < 4.78 is 10.2. The van der Waals surface area contributed by atoms with Gasteiger partial charge in [0.05, 0.1) is 24.3 Å². The molecule has 0 amide bonds. The predicted molar refractivity (Wildman–Crippen MR) is 88.9 cm³/mol. The number of esters is 2. The minimum absolute atomic E-state index is 0.248. The second-order valence-electron chi connectivity index (χ2n) is 5.14. The number of aromatic nitrogens is 2. The van der Waals surface area contributed by atoms with E-state index in [1.807, 2.05) is 0 Å². The molecule has 0 saturated carbocycles. The van der Waals surface area contributed by atoms with Crippen molar-refractivity contribution in [2.75, 3.05) is 13.2 Å². The molecule has 24 heavy (non-hydrogen) atoms. The lowest BCUT2D eigenvalue weighted by Crippen LogP contribution is -2.13. The fourth-order valence-electron chi connectivity index (χ4n) is 2.22. The quantitative estimate of drug-likeness (QED) is 0.785. The Morgan fingerprint density at radius 3 is 1.50 bits per heavy atom. The van der Waals surface area contributed by atoms with Gasteiger partial charge in [-0.15, -0.1) is 0 Å². The molecule has 6 nitrogen and oxygen atoms in total. The monoisotopic (exact) mass is 328 g/mol. The van der Waals surface area contributed by atoms with Gasteiger partial charge in [0.1, 0.15) is 11.4 Å². The van der Waals surface area contributed by atoms with Crippen LogP contribution in [-0.2, 0) is 9.47 Å². The predicted octanol–water partition coefficient (Wildman–Crippen LogP) is 3.11. The van der Waals surface area contributed by atoms with E-state index in [-0.39, 0.29) is 24.3 Å². The first kappa shape index (κ1) is 17.6. The van der Waals surface area contributed by atoms with E-state index in [0.717, 1.165) is 0 Å². The lowest BCUT2D eigenvalue weighted by Gasteiger charge is -2.12. The highest BCUT2D eigenvalue weighted by Crippen LogP contribution is 2.26. The summed E-state index contributed by atoms with van der Waals surface area (Å²) in [6.45, 7) is 7.56. The van der Waals surface area contributed by atoms with E-state index in [0.29, 0.717) is 22.8 Å². The van der Waals surface area contributed by atoms with Crippen molar-refractivity contribution in [3.05, 3.63) is 46.8 Å². The van der Waals surface area contributed by atoms with Crippen LogP contribution in [0.2, 0.25) is 0 Å². The SMILES string of the molecule is CCOC(=O)c1ccc(C)nc1-c1nc(C)ccc1C(=O)OCC. The van der Waals surface area contributed by atoms with Gasteiger partial charge in [0.25, 0.3) is 0 Å². The average Bonchev–Trinajstić information content (AvgIpc) is 2.55. The molecule has 0 aliphatic carbocycles. The molecule has 0 N–H and O–H groups in total. The summed E-state index contributed by atoms with van der Waals surface area (Å²) in [6.07, 6.45) is 0. The van der Waals surface area contributed by atoms with Gasteiger partial charge in [-0.05, 0) is 52.0 Å². The van der Waals surface area contributed by atoms with E-state index in [2.05, 4.69) is 9.97 Å². The molecule has 126 valence electrons. The number of pyridine rings is 2. The minimum atomic E-state index is -0.502. The van der Waals surface area contributed by atoms with Crippen LogP contribution in [0.25, 0.3) is 11.4 Å². The van der Waals surface area contributed by atoms with Gasteiger partial charge < -0.3 is 9.47 Å². The Bertz CT molecular complexity index is 706. The number of rotatable bonds is 5. The van der Waals surface area contributed by atoms with Crippen molar-refractivity contribution in [3.63, 3.8) is 0 Å². The summed E-state index contributed by atoms with van der Waals surface area (Å²) in [5.74, 6) is -1.00. The van der Waals surface area contributed by atoms with E-state index < -0.39 is 11.9 Å². The zero-order valence-corrected chi connectivity index (χ0v) is 14.3. The maximum Gasteiger partial charge on any atom is 0.340 e. The van der Waals surface area contributed by atoms with Gasteiger partial charge in [-0.2, -0.15) is 0 Å². The molecule has 0 unspecified atom stereocenters. The Balaban J connectivity index is 2.67. The molecule has 0 atom stereocenters. The Hall–Kier alpha value is -2.76. The molecular weight excluding hydrogens is 308 g/mol. The normalized spacial score (nSPS) is 10.3. The van der Waals surface area contributed by atoms with Gasteiger partial charge in [0.15, 0.2) is 0 Å². The number of carbonyl (C=O) groups excluding carboxylic acids is 2. The molecule has 0 aromatic carbocycles. The van der Waals surface area contributed by atoms with Crippen LogP contribution in [0.15, 0.2) is 24.3 Å². The summed E-state index contributed by atoms with van der Waals surface area (Å²) in [6, 6.07) is 6.70. The summed E-state index contributed by atoms with van der Waals surface area (Å²) >= 11 is 0. The Labute approximate surface area is 140 Å². The Kier molecular flexibility index (Phi) is 5.63. The number of nitrogens with zero attached hydrogens (tertiary/aromatic N) is 2. The fraction of sp³-hybridized carbons (Fsp3) is 0.333. The number of hydrogen-bond acceptors (Lipinski definition) is 6. The van der Waals surface area contributed by atoms with Gasteiger partial charge in [0, 0.05) is 11.4 Å². The van der Waals surface area contributed by atoms with Crippen LogP contribution in [0.1, 0.15) is 46.0 Å². The van der Waals surface area contributed by atoms with Crippen LogP contribution in [0.5, 0.6) is 0 Å². The third kappa shape index (κ3) is 3.76. The second kappa shape index (κ2) is 7.68. The van der Waals surface area contributed by atoms with Gasteiger partial charge in [-0.3, -0.25) is 9.97 Å². The first-order valence-electron chi connectivity index (χ1n) is 7.77. The second-order valence-corrected chi connectivity index (χ2v) is 5.14. The number of hydrogen-bond donors (Lipinski definition) is 0. The zero-order chi connectivity index (χ0) is 17.7. The summed E-state index contributed by atoms with van der Waals surface area (Å²) in [5.41, 5.74) is 2.59. The highest BCUT2D eigenvalue weighted by molar-refractivity contribution is 6.01. The maximum absolute atomic E-state index is 12.2. The molecule has 2 heterocycles. The van der Waals surface area contributed by atoms with Crippen molar-refractivity contribution in [2.24, 2.45) is 0 Å². The fourth-order valence-corrected chi connectivity index (χ4v) is 2.22.